The third-order valence-electron chi connectivity index (χ3n) is 4.61. The van der Waals surface area contributed by atoms with Crippen LogP contribution in [0, 0.1) is 0 Å². The van der Waals surface area contributed by atoms with Gasteiger partial charge in [0.2, 0.25) is 0 Å². The second-order valence-corrected chi connectivity index (χ2v) is 8.78. The van der Waals surface area contributed by atoms with E-state index in [0.29, 0.717) is 6.04 Å². The molecule has 0 amide bonds. The summed E-state index contributed by atoms with van der Waals surface area (Å²) in [5.74, 6) is 1.07. The number of ether oxygens (including phenoxy) is 1. The van der Waals surface area contributed by atoms with Gasteiger partial charge < -0.3 is 15.0 Å². The van der Waals surface area contributed by atoms with E-state index >= 15 is 0 Å². The lowest BCUT2D eigenvalue weighted by atomic mass is 10.2. The van der Waals surface area contributed by atoms with Crippen LogP contribution >= 0.6 is 51.2 Å². The number of morpholine rings is 1. The standard InChI is InChI=1S/C17H27BrN4OS.HI/c1-2-19-17(20-7-5-15-3-4-16(18)24-15)22-8-6-14(13-22)21-9-11-23-12-10-21;/h3-4,14H,2,5-13H2,1H3,(H,19,20);1H. The minimum absolute atomic E-state index is 0. The molecule has 1 N–H and O–H groups in total. The summed E-state index contributed by atoms with van der Waals surface area (Å²) in [6.45, 7) is 9.97. The molecule has 3 heterocycles. The van der Waals surface area contributed by atoms with Crippen molar-refractivity contribution in [3.8, 4) is 0 Å². The molecule has 8 heteroatoms. The number of likely N-dealkylation sites (tertiary alicyclic amines) is 1. The van der Waals surface area contributed by atoms with E-state index in [4.69, 9.17) is 9.73 Å². The van der Waals surface area contributed by atoms with Crippen molar-refractivity contribution in [2.45, 2.75) is 25.8 Å². The number of hydrogen-bond acceptors (Lipinski definition) is 4. The van der Waals surface area contributed by atoms with Crippen molar-refractivity contribution in [3.05, 3.63) is 20.8 Å². The van der Waals surface area contributed by atoms with Gasteiger partial charge in [0.05, 0.1) is 17.0 Å². The predicted octanol–water partition coefficient (Wildman–Crippen LogP) is 3.04. The largest absolute Gasteiger partial charge is 0.379 e. The smallest absolute Gasteiger partial charge is 0.193 e. The zero-order valence-electron chi connectivity index (χ0n) is 14.7. The van der Waals surface area contributed by atoms with E-state index in [1.165, 1.54) is 15.1 Å². The first kappa shape index (κ1) is 21.4. The Balaban J connectivity index is 0.00000225. The van der Waals surface area contributed by atoms with Crippen LogP contribution in [0.5, 0.6) is 0 Å². The molecular weight excluding hydrogens is 515 g/mol. The quantitative estimate of drug-likeness (QED) is 0.353. The normalized spacial score (nSPS) is 22.1. The Bertz CT molecular complexity index is 551. The Morgan fingerprint density at radius 1 is 1.36 bits per heavy atom. The number of thiophene rings is 1. The van der Waals surface area contributed by atoms with Crippen LogP contribution in [-0.4, -0.2) is 74.3 Å². The van der Waals surface area contributed by atoms with Gasteiger partial charge in [0.25, 0.3) is 0 Å². The number of halogens is 2. The first-order chi connectivity index (χ1) is 11.8. The lowest BCUT2D eigenvalue weighted by molar-refractivity contribution is 0.0195. The summed E-state index contributed by atoms with van der Waals surface area (Å²) in [4.78, 5) is 11.2. The molecular formula is C17H28BrIN4OS. The molecule has 1 unspecified atom stereocenters. The molecule has 0 aliphatic carbocycles. The molecule has 2 aliphatic heterocycles. The minimum atomic E-state index is 0. The van der Waals surface area contributed by atoms with Gasteiger partial charge in [-0.3, -0.25) is 9.89 Å². The van der Waals surface area contributed by atoms with Gasteiger partial charge in [0, 0.05) is 56.6 Å². The summed E-state index contributed by atoms with van der Waals surface area (Å²) >= 11 is 5.32. The Labute approximate surface area is 180 Å². The molecule has 1 atom stereocenters. The molecule has 1 aromatic heterocycles. The van der Waals surface area contributed by atoms with E-state index in [2.05, 4.69) is 50.1 Å². The highest BCUT2D eigenvalue weighted by Gasteiger charge is 2.30. The lowest BCUT2D eigenvalue weighted by Gasteiger charge is -2.32. The minimum Gasteiger partial charge on any atom is -0.379 e. The summed E-state index contributed by atoms with van der Waals surface area (Å²) in [5.41, 5.74) is 0. The summed E-state index contributed by atoms with van der Waals surface area (Å²) in [6, 6.07) is 4.94. The maximum atomic E-state index is 5.48. The van der Waals surface area contributed by atoms with Gasteiger partial charge >= 0.3 is 0 Å². The molecule has 25 heavy (non-hydrogen) atoms. The monoisotopic (exact) mass is 542 g/mol. The van der Waals surface area contributed by atoms with Crippen LogP contribution in [0.4, 0.5) is 0 Å². The Hall–Kier alpha value is 0.1000. The van der Waals surface area contributed by atoms with Crippen LogP contribution in [0.1, 0.15) is 18.2 Å². The van der Waals surface area contributed by atoms with E-state index in [-0.39, 0.29) is 24.0 Å². The molecule has 2 aliphatic rings. The van der Waals surface area contributed by atoms with E-state index in [9.17, 15) is 0 Å². The number of rotatable bonds is 5. The molecule has 0 radical (unpaired) electrons. The van der Waals surface area contributed by atoms with Gasteiger partial charge in [-0.15, -0.1) is 35.3 Å². The predicted molar refractivity (Wildman–Crippen MR) is 119 cm³/mol. The third-order valence-corrected chi connectivity index (χ3v) is 6.29. The Morgan fingerprint density at radius 2 is 2.16 bits per heavy atom. The summed E-state index contributed by atoms with van der Waals surface area (Å²) < 4.78 is 6.67. The summed E-state index contributed by atoms with van der Waals surface area (Å²) in [5, 5.41) is 3.47. The van der Waals surface area contributed by atoms with Crippen LogP contribution in [0.3, 0.4) is 0 Å². The molecule has 1 aromatic rings. The van der Waals surface area contributed by atoms with Gasteiger partial charge in [0.1, 0.15) is 0 Å². The van der Waals surface area contributed by atoms with Crippen LogP contribution < -0.4 is 5.32 Å². The summed E-state index contributed by atoms with van der Waals surface area (Å²) in [7, 11) is 0. The first-order valence-electron chi connectivity index (χ1n) is 8.85. The highest BCUT2D eigenvalue weighted by Crippen LogP contribution is 2.22. The maximum Gasteiger partial charge on any atom is 0.193 e. The van der Waals surface area contributed by atoms with Crippen LogP contribution in [0.2, 0.25) is 0 Å². The zero-order valence-corrected chi connectivity index (χ0v) is 19.5. The average Bonchev–Trinajstić information content (AvgIpc) is 3.24. The van der Waals surface area contributed by atoms with Crippen molar-refractivity contribution in [2.75, 3.05) is 52.5 Å². The molecule has 2 saturated heterocycles. The average molecular weight is 543 g/mol. The SMILES string of the molecule is CCNC(=NCCc1ccc(Br)s1)N1CCC(N2CCOCC2)C1.I. The maximum absolute atomic E-state index is 5.48. The molecule has 142 valence electrons. The molecule has 0 bridgehead atoms. The first-order valence-corrected chi connectivity index (χ1v) is 10.5. The number of guanidine groups is 1. The van der Waals surface area contributed by atoms with Crippen molar-refractivity contribution >= 4 is 57.2 Å². The van der Waals surface area contributed by atoms with Crippen LogP contribution in [0.25, 0.3) is 0 Å². The zero-order chi connectivity index (χ0) is 16.8. The second-order valence-electron chi connectivity index (χ2n) is 6.23. The van der Waals surface area contributed by atoms with Crippen LogP contribution in [-0.2, 0) is 11.2 Å². The fourth-order valence-corrected chi connectivity index (χ4v) is 4.83. The second kappa shape index (κ2) is 11.1. The number of nitrogens with zero attached hydrogens (tertiary/aromatic N) is 3. The van der Waals surface area contributed by atoms with Gasteiger partial charge in [-0.05, 0) is 41.4 Å². The van der Waals surface area contributed by atoms with E-state index in [1.807, 2.05) is 0 Å². The number of hydrogen-bond donors (Lipinski definition) is 1. The fourth-order valence-electron chi connectivity index (χ4n) is 3.36. The topological polar surface area (TPSA) is 40.1 Å². The highest BCUT2D eigenvalue weighted by molar-refractivity contribution is 14.0. The number of aliphatic imine (C=N–C) groups is 1. The van der Waals surface area contributed by atoms with Crippen molar-refractivity contribution < 1.29 is 4.74 Å². The number of nitrogens with one attached hydrogen (secondary N) is 1. The van der Waals surface area contributed by atoms with Crippen molar-refractivity contribution in [1.82, 2.24) is 15.1 Å². The van der Waals surface area contributed by atoms with Gasteiger partial charge in [0.15, 0.2) is 5.96 Å². The van der Waals surface area contributed by atoms with Crippen molar-refractivity contribution in [3.63, 3.8) is 0 Å². The van der Waals surface area contributed by atoms with Gasteiger partial charge in [-0.25, -0.2) is 0 Å². The fraction of sp³-hybridized carbons (Fsp3) is 0.706. The molecule has 2 fully saturated rings. The highest BCUT2D eigenvalue weighted by atomic mass is 127. The molecule has 0 aromatic carbocycles. The summed E-state index contributed by atoms with van der Waals surface area (Å²) in [6.07, 6.45) is 2.23. The van der Waals surface area contributed by atoms with E-state index < -0.39 is 0 Å². The lowest BCUT2D eigenvalue weighted by Crippen LogP contribution is -2.46. The Morgan fingerprint density at radius 3 is 2.84 bits per heavy atom. The van der Waals surface area contributed by atoms with Crippen LogP contribution in [0.15, 0.2) is 20.9 Å². The Kier molecular flexibility index (Phi) is 9.47. The molecule has 0 spiro atoms. The molecule has 5 nitrogen and oxygen atoms in total. The molecule has 0 saturated carbocycles. The van der Waals surface area contributed by atoms with Gasteiger partial charge in [-0.2, -0.15) is 0 Å². The molecule has 3 rings (SSSR count). The van der Waals surface area contributed by atoms with E-state index in [0.717, 1.165) is 64.9 Å². The third kappa shape index (κ3) is 6.34. The van der Waals surface area contributed by atoms with Crippen molar-refractivity contribution in [1.29, 1.82) is 0 Å². The van der Waals surface area contributed by atoms with Gasteiger partial charge in [-0.1, -0.05) is 0 Å². The van der Waals surface area contributed by atoms with Crippen molar-refractivity contribution in [2.24, 2.45) is 4.99 Å². The van der Waals surface area contributed by atoms with E-state index in [1.54, 1.807) is 11.3 Å².